The maximum atomic E-state index is 12.3. The summed E-state index contributed by atoms with van der Waals surface area (Å²) >= 11 is 0. The Labute approximate surface area is 106 Å². The summed E-state index contributed by atoms with van der Waals surface area (Å²) in [5, 5.41) is 12.5. The van der Waals surface area contributed by atoms with Gasteiger partial charge < -0.3 is 20.2 Å². The smallest absolute Gasteiger partial charge is 0.239 e. The van der Waals surface area contributed by atoms with Crippen molar-refractivity contribution in [3.05, 3.63) is 0 Å². The zero-order chi connectivity index (χ0) is 12.7. The van der Waals surface area contributed by atoms with E-state index in [9.17, 15) is 14.7 Å². The number of carbonyl (C=O) groups excluding carboxylic acids is 2. The molecule has 0 aromatic rings. The fraction of sp³-hybridized carbons (Fsp3) is 0.833. The topological polar surface area (TPSA) is 72.9 Å². The van der Waals surface area contributed by atoms with Gasteiger partial charge in [-0.15, -0.1) is 0 Å². The van der Waals surface area contributed by atoms with Crippen molar-refractivity contribution in [3.8, 4) is 0 Å². The average molecular weight is 253 g/mol. The van der Waals surface area contributed by atoms with Crippen molar-refractivity contribution >= 4 is 11.8 Å². The van der Waals surface area contributed by atoms with Gasteiger partial charge in [-0.3, -0.25) is 9.59 Å². The molecule has 3 heterocycles. The summed E-state index contributed by atoms with van der Waals surface area (Å²) in [6, 6.07) is -0.0369. The summed E-state index contributed by atoms with van der Waals surface area (Å²) in [5.74, 6) is 0.298. The Morgan fingerprint density at radius 2 is 2.22 bits per heavy atom. The molecule has 3 atom stereocenters. The minimum atomic E-state index is -0.409. The highest BCUT2D eigenvalue weighted by Gasteiger charge is 2.39. The number of amides is 2. The van der Waals surface area contributed by atoms with Gasteiger partial charge in [0, 0.05) is 38.6 Å². The number of aliphatic hydroxyl groups excluding tert-OH is 1. The van der Waals surface area contributed by atoms with E-state index in [-0.39, 0.29) is 23.9 Å². The number of rotatable bonds is 1. The molecule has 2 amide bonds. The maximum absolute atomic E-state index is 12.3. The van der Waals surface area contributed by atoms with Crippen LogP contribution in [0.2, 0.25) is 0 Å². The van der Waals surface area contributed by atoms with Gasteiger partial charge in [-0.25, -0.2) is 0 Å². The number of hydrogen-bond donors (Lipinski definition) is 2. The normalized spacial score (nSPS) is 36.1. The summed E-state index contributed by atoms with van der Waals surface area (Å²) in [6.45, 7) is 2.43. The molecule has 0 radical (unpaired) electrons. The molecule has 6 heteroatoms. The van der Waals surface area contributed by atoms with Crippen molar-refractivity contribution in [2.24, 2.45) is 0 Å². The van der Waals surface area contributed by atoms with Crippen LogP contribution in [0.15, 0.2) is 0 Å². The second kappa shape index (κ2) is 4.51. The highest BCUT2D eigenvalue weighted by Crippen LogP contribution is 2.23. The predicted octanol–water partition coefficient (Wildman–Crippen LogP) is -1.46. The van der Waals surface area contributed by atoms with Gasteiger partial charge in [-0.05, 0) is 12.8 Å². The van der Waals surface area contributed by atoms with E-state index in [0.717, 1.165) is 6.42 Å². The fourth-order valence-electron chi connectivity index (χ4n) is 3.19. The van der Waals surface area contributed by atoms with E-state index < -0.39 is 6.10 Å². The van der Waals surface area contributed by atoms with Gasteiger partial charge in [0.1, 0.15) is 0 Å². The molecule has 100 valence electrons. The molecule has 2 N–H and O–H groups in total. The van der Waals surface area contributed by atoms with E-state index in [1.807, 2.05) is 9.80 Å². The van der Waals surface area contributed by atoms with Crippen molar-refractivity contribution in [1.29, 1.82) is 0 Å². The number of β-amino-alcohol motifs (C(OH)–C–C–N with tert-alkyl or cyclic N) is 1. The first-order valence-electron chi connectivity index (χ1n) is 6.65. The molecular weight excluding hydrogens is 234 g/mol. The van der Waals surface area contributed by atoms with Gasteiger partial charge in [0.05, 0.1) is 12.1 Å². The van der Waals surface area contributed by atoms with Gasteiger partial charge in [0.15, 0.2) is 0 Å². The average Bonchev–Trinajstić information content (AvgIpc) is 2.95. The molecular formula is C12H19N3O3. The first-order chi connectivity index (χ1) is 8.65. The molecule has 3 rings (SSSR count). The Balaban J connectivity index is 1.61. The Morgan fingerprint density at radius 1 is 1.39 bits per heavy atom. The molecule has 3 unspecified atom stereocenters. The van der Waals surface area contributed by atoms with E-state index in [4.69, 9.17) is 0 Å². The SMILES string of the molecule is O=C(C1CC(O)CN1)N1CCN2C(=O)CCC2C1. The standard InChI is InChI=1S/C12H19N3O3/c16-9-5-10(13-6-9)12(18)14-3-4-15-8(7-14)1-2-11(15)17/h8-10,13,16H,1-7H2. The Hall–Kier alpha value is -1.14. The van der Waals surface area contributed by atoms with Gasteiger partial charge in [-0.1, -0.05) is 0 Å². The Morgan fingerprint density at radius 3 is 2.94 bits per heavy atom. The van der Waals surface area contributed by atoms with Gasteiger partial charge >= 0.3 is 0 Å². The van der Waals surface area contributed by atoms with E-state index in [1.54, 1.807) is 0 Å². The lowest BCUT2D eigenvalue weighted by Crippen LogP contribution is -2.56. The molecule has 0 bridgehead atoms. The third kappa shape index (κ3) is 1.99. The van der Waals surface area contributed by atoms with Gasteiger partial charge in [0.2, 0.25) is 11.8 Å². The molecule has 3 aliphatic rings. The quantitative estimate of drug-likeness (QED) is 0.599. The van der Waals surface area contributed by atoms with Crippen molar-refractivity contribution < 1.29 is 14.7 Å². The van der Waals surface area contributed by atoms with Crippen LogP contribution in [0.4, 0.5) is 0 Å². The number of fused-ring (bicyclic) bond motifs is 1. The molecule has 3 aliphatic heterocycles. The number of nitrogens with one attached hydrogen (secondary N) is 1. The first kappa shape index (κ1) is 11.9. The predicted molar refractivity (Wildman–Crippen MR) is 63.7 cm³/mol. The molecule has 0 aromatic carbocycles. The maximum Gasteiger partial charge on any atom is 0.239 e. The minimum Gasteiger partial charge on any atom is -0.392 e. The lowest BCUT2D eigenvalue weighted by molar-refractivity contribution is -0.140. The second-order valence-electron chi connectivity index (χ2n) is 5.41. The van der Waals surface area contributed by atoms with Crippen LogP contribution in [-0.2, 0) is 9.59 Å². The molecule has 0 aliphatic carbocycles. The van der Waals surface area contributed by atoms with Crippen LogP contribution in [-0.4, -0.2) is 71.1 Å². The molecule has 6 nitrogen and oxygen atoms in total. The lowest BCUT2D eigenvalue weighted by Gasteiger charge is -2.38. The fourth-order valence-corrected chi connectivity index (χ4v) is 3.19. The third-order valence-corrected chi connectivity index (χ3v) is 4.21. The number of nitrogens with zero attached hydrogens (tertiary/aromatic N) is 2. The lowest BCUT2D eigenvalue weighted by atomic mass is 10.1. The summed E-state index contributed by atoms with van der Waals surface area (Å²) < 4.78 is 0. The van der Waals surface area contributed by atoms with E-state index in [2.05, 4.69) is 5.32 Å². The Bertz CT molecular complexity index is 374. The summed E-state index contributed by atoms with van der Waals surface area (Å²) in [5.41, 5.74) is 0. The van der Waals surface area contributed by atoms with E-state index in [0.29, 0.717) is 39.0 Å². The van der Waals surface area contributed by atoms with Crippen LogP contribution < -0.4 is 5.32 Å². The van der Waals surface area contributed by atoms with E-state index in [1.165, 1.54) is 0 Å². The van der Waals surface area contributed by atoms with Crippen LogP contribution in [0.25, 0.3) is 0 Å². The van der Waals surface area contributed by atoms with Crippen molar-refractivity contribution in [2.45, 2.75) is 37.5 Å². The first-order valence-corrected chi connectivity index (χ1v) is 6.65. The number of aliphatic hydroxyl groups is 1. The largest absolute Gasteiger partial charge is 0.392 e. The summed E-state index contributed by atoms with van der Waals surface area (Å²) in [4.78, 5) is 27.6. The van der Waals surface area contributed by atoms with Crippen LogP contribution in [0.1, 0.15) is 19.3 Å². The molecule has 3 fully saturated rings. The molecule has 0 saturated carbocycles. The zero-order valence-corrected chi connectivity index (χ0v) is 10.3. The molecule has 0 spiro atoms. The van der Waals surface area contributed by atoms with E-state index >= 15 is 0 Å². The van der Waals surface area contributed by atoms with Crippen LogP contribution >= 0.6 is 0 Å². The Kier molecular flexibility index (Phi) is 2.99. The molecule has 0 aromatic heterocycles. The van der Waals surface area contributed by atoms with Crippen molar-refractivity contribution in [3.63, 3.8) is 0 Å². The highest BCUT2D eigenvalue weighted by molar-refractivity contribution is 5.83. The van der Waals surface area contributed by atoms with Crippen molar-refractivity contribution in [2.75, 3.05) is 26.2 Å². The molecule has 3 saturated heterocycles. The minimum absolute atomic E-state index is 0.0746. The summed E-state index contributed by atoms with van der Waals surface area (Å²) in [7, 11) is 0. The van der Waals surface area contributed by atoms with Crippen LogP contribution in [0.3, 0.4) is 0 Å². The van der Waals surface area contributed by atoms with Gasteiger partial charge in [-0.2, -0.15) is 0 Å². The highest BCUT2D eigenvalue weighted by atomic mass is 16.3. The van der Waals surface area contributed by atoms with Crippen molar-refractivity contribution in [1.82, 2.24) is 15.1 Å². The molecule has 18 heavy (non-hydrogen) atoms. The summed E-state index contributed by atoms with van der Waals surface area (Å²) in [6.07, 6.45) is 1.58. The number of hydrogen-bond acceptors (Lipinski definition) is 4. The second-order valence-corrected chi connectivity index (χ2v) is 5.41. The van der Waals surface area contributed by atoms with Crippen LogP contribution in [0.5, 0.6) is 0 Å². The number of piperazine rings is 1. The monoisotopic (exact) mass is 253 g/mol. The van der Waals surface area contributed by atoms with Gasteiger partial charge in [0.25, 0.3) is 0 Å². The third-order valence-electron chi connectivity index (χ3n) is 4.21. The number of carbonyl (C=O) groups is 2. The zero-order valence-electron chi connectivity index (χ0n) is 10.3. The van der Waals surface area contributed by atoms with Crippen LogP contribution in [0, 0.1) is 0 Å².